The Kier molecular flexibility index (Phi) is 3.38. The number of phenolic OH excluding ortho intramolecular Hbond substituents is 1. The van der Waals surface area contributed by atoms with Gasteiger partial charge in [0.05, 0.1) is 16.6 Å². The largest absolute Gasteiger partial charge is 0.506 e. The molecular weight excluding hydrogens is 290 g/mol. The first kappa shape index (κ1) is 14.0. The van der Waals surface area contributed by atoms with E-state index in [-0.39, 0.29) is 22.4 Å². The van der Waals surface area contributed by atoms with Gasteiger partial charge in [-0.05, 0) is 43.2 Å². The molecule has 7 heteroatoms. The third-order valence-electron chi connectivity index (χ3n) is 3.79. The molecule has 1 aliphatic heterocycles. The number of hydrogen-bond acceptors (Lipinski definition) is 4. The molecular formula is C14H17N3O3S. The van der Waals surface area contributed by atoms with Crippen molar-refractivity contribution in [2.45, 2.75) is 23.8 Å². The number of benzene rings is 1. The summed E-state index contributed by atoms with van der Waals surface area (Å²) in [5.74, 6) is -0.115. The molecule has 0 amide bonds. The maximum absolute atomic E-state index is 12.8. The quantitative estimate of drug-likeness (QED) is 0.595. The number of nitrogens with one attached hydrogen (secondary N) is 1. The second kappa shape index (κ2) is 5.09. The monoisotopic (exact) mass is 307 g/mol. The first-order valence-corrected chi connectivity index (χ1v) is 8.18. The molecule has 112 valence electrons. The predicted molar refractivity (Wildman–Crippen MR) is 79.2 cm³/mol. The van der Waals surface area contributed by atoms with E-state index in [9.17, 15) is 13.5 Å². The van der Waals surface area contributed by atoms with E-state index in [0.29, 0.717) is 6.54 Å². The molecule has 1 fully saturated rings. The molecule has 0 aliphatic carbocycles. The van der Waals surface area contributed by atoms with E-state index in [4.69, 9.17) is 5.73 Å². The molecule has 2 aromatic rings. The Hall–Kier alpha value is -1.99. The Labute approximate surface area is 123 Å². The number of nitrogens with zero attached hydrogens (tertiary/aromatic N) is 1. The van der Waals surface area contributed by atoms with Gasteiger partial charge in [0, 0.05) is 18.4 Å². The Balaban J connectivity index is 1.99. The Morgan fingerprint density at radius 1 is 1.33 bits per heavy atom. The van der Waals surface area contributed by atoms with Gasteiger partial charge in [-0.25, -0.2) is 8.42 Å². The van der Waals surface area contributed by atoms with Gasteiger partial charge in [-0.2, -0.15) is 4.31 Å². The molecule has 1 unspecified atom stereocenters. The van der Waals surface area contributed by atoms with Gasteiger partial charge in [0.15, 0.2) is 0 Å². The SMILES string of the molecule is Nc1cc(S(=O)(=O)N2CCCC2c2ccc[nH]2)ccc1O. The predicted octanol–water partition coefficient (Wildman–Crippen LogP) is 1.83. The van der Waals surface area contributed by atoms with Crippen molar-refractivity contribution < 1.29 is 13.5 Å². The zero-order valence-electron chi connectivity index (χ0n) is 11.4. The van der Waals surface area contributed by atoms with Gasteiger partial charge in [0.25, 0.3) is 0 Å². The van der Waals surface area contributed by atoms with Gasteiger partial charge in [0.1, 0.15) is 5.75 Å². The van der Waals surface area contributed by atoms with E-state index in [0.717, 1.165) is 18.5 Å². The van der Waals surface area contributed by atoms with Crippen LogP contribution in [0.25, 0.3) is 0 Å². The van der Waals surface area contributed by atoms with Crippen LogP contribution in [0, 0.1) is 0 Å². The number of sulfonamides is 1. The molecule has 1 aliphatic rings. The number of anilines is 1. The van der Waals surface area contributed by atoms with E-state index in [1.54, 1.807) is 6.20 Å². The van der Waals surface area contributed by atoms with Gasteiger partial charge >= 0.3 is 0 Å². The number of aromatic hydroxyl groups is 1. The molecule has 1 saturated heterocycles. The Morgan fingerprint density at radius 2 is 2.14 bits per heavy atom. The van der Waals surface area contributed by atoms with E-state index in [2.05, 4.69) is 4.98 Å². The minimum absolute atomic E-state index is 0.0618. The summed E-state index contributed by atoms with van der Waals surface area (Å²) in [6, 6.07) is 7.56. The number of phenols is 1. The lowest BCUT2D eigenvalue weighted by Gasteiger charge is -2.23. The summed E-state index contributed by atoms with van der Waals surface area (Å²) in [6.07, 6.45) is 3.39. The zero-order valence-corrected chi connectivity index (χ0v) is 12.2. The molecule has 1 aromatic carbocycles. The normalized spacial score (nSPS) is 19.9. The van der Waals surface area contributed by atoms with Crippen LogP contribution in [0.4, 0.5) is 5.69 Å². The number of aromatic amines is 1. The van der Waals surface area contributed by atoms with Gasteiger partial charge in [-0.1, -0.05) is 0 Å². The Bertz CT molecular complexity index is 741. The molecule has 0 spiro atoms. The third kappa shape index (κ3) is 2.38. The van der Waals surface area contributed by atoms with Crippen LogP contribution in [0.2, 0.25) is 0 Å². The molecule has 0 saturated carbocycles. The van der Waals surface area contributed by atoms with Crippen molar-refractivity contribution in [1.82, 2.24) is 9.29 Å². The summed E-state index contributed by atoms with van der Waals surface area (Å²) in [6.45, 7) is 0.479. The minimum atomic E-state index is -3.63. The number of rotatable bonds is 3. The molecule has 6 nitrogen and oxygen atoms in total. The fourth-order valence-electron chi connectivity index (χ4n) is 2.72. The number of aromatic nitrogens is 1. The van der Waals surface area contributed by atoms with Crippen LogP contribution < -0.4 is 5.73 Å². The van der Waals surface area contributed by atoms with Crippen molar-refractivity contribution in [3.63, 3.8) is 0 Å². The second-order valence-corrected chi connectivity index (χ2v) is 7.01. The highest BCUT2D eigenvalue weighted by Gasteiger charge is 2.36. The maximum atomic E-state index is 12.8. The summed E-state index contributed by atoms with van der Waals surface area (Å²) >= 11 is 0. The topological polar surface area (TPSA) is 99.4 Å². The minimum Gasteiger partial charge on any atom is -0.506 e. The van der Waals surface area contributed by atoms with Crippen molar-refractivity contribution in [3.8, 4) is 5.75 Å². The average Bonchev–Trinajstić information content (AvgIpc) is 3.11. The number of nitrogens with two attached hydrogens (primary N) is 1. The summed E-state index contributed by atoms with van der Waals surface area (Å²) in [7, 11) is -3.63. The van der Waals surface area contributed by atoms with Gasteiger partial charge < -0.3 is 15.8 Å². The molecule has 1 aromatic heterocycles. The van der Waals surface area contributed by atoms with Crippen LogP contribution in [0.3, 0.4) is 0 Å². The molecule has 0 radical (unpaired) electrons. The number of hydrogen-bond donors (Lipinski definition) is 3. The molecule has 1 atom stereocenters. The fraction of sp³-hybridized carbons (Fsp3) is 0.286. The summed E-state index contributed by atoms with van der Waals surface area (Å²) in [5, 5.41) is 9.44. The highest BCUT2D eigenvalue weighted by Crippen LogP contribution is 2.36. The van der Waals surface area contributed by atoms with Crippen molar-refractivity contribution >= 4 is 15.7 Å². The molecule has 3 rings (SSSR count). The first-order chi connectivity index (χ1) is 10.00. The van der Waals surface area contributed by atoms with E-state index < -0.39 is 10.0 Å². The van der Waals surface area contributed by atoms with Crippen molar-refractivity contribution in [2.24, 2.45) is 0 Å². The van der Waals surface area contributed by atoms with Crippen LogP contribution in [0.1, 0.15) is 24.6 Å². The smallest absolute Gasteiger partial charge is 0.243 e. The Morgan fingerprint density at radius 3 is 2.81 bits per heavy atom. The second-order valence-electron chi connectivity index (χ2n) is 5.12. The highest BCUT2D eigenvalue weighted by atomic mass is 32.2. The lowest BCUT2D eigenvalue weighted by Crippen LogP contribution is -2.30. The summed E-state index contributed by atoms with van der Waals surface area (Å²) in [4.78, 5) is 3.19. The van der Waals surface area contributed by atoms with Crippen LogP contribution in [-0.2, 0) is 10.0 Å². The molecule has 2 heterocycles. The number of H-pyrrole nitrogens is 1. The van der Waals surface area contributed by atoms with Gasteiger partial charge in [0.2, 0.25) is 10.0 Å². The van der Waals surface area contributed by atoms with Crippen molar-refractivity contribution in [3.05, 3.63) is 42.2 Å². The van der Waals surface area contributed by atoms with Crippen LogP contribution >= 0.6 is 0 Å². The third-order valence-corrected chi connectivity index (χ3v) is 5.69. The van der Waals surface area contributed by atoms with Crippen LogP contribution in [0.15, 0.2) is 41.4 Å². The summed E-state index contributed by atoms with van der Waals surface area (Å²) < 4.78 is 27.0. The summed E-state index contributed by atoms with van der Waals surface area (Å²) in [5.41, 5.74) is 6.56. The molecule has 0 bridgehead atoms. The lowest BCUT2D eigenvalue weighted by molar-refractivity contribution is 0.391. The van der Waals surface area contributed by atoms with Crippen LogP contribution in [-0.4, -0.2) is 29.4 Å². The van der Waals surface area contributed by atoms with Gasteiger partial charge in [-0.15, -0.1) is 0 Å². The maximum Gasteiger partial charge on any atom is 0.243 e. The standard InChI is InChI=1S/C14H17N3O3S/c15-11-9-10(5-6-14(11)18)21(19,20)17-8-2-4-13(17)12-3-1-7-16-12/h1,3,5-7,9,13,16,18H,2,4,8,15H2. The van der Waals surface area contributed by atoms with Crippen molar-refractivity contribution in [1.29, 1.82) is 0 Å². The van der Waals surface area contributed by atoms with Gasteiger partial charge in [-0.3, -0.25) is 0 Å². The van der Waals surface area contributed by atoms with E-state index in [1.807, 2.05) is 12.1 Å². The number of nitrogen functional groups attached to an aromatic ring is 1. The highest BCUT2D eigenvalue weighted by molar-refractivity contribution is 7.89. The first-order valence-electron chi connectivity index (χ1n) is 6.74. The van der Waals surface area contributed by atoms with E-state index in [1.165, 1.54) is 22.5 Å². The van der Waals surface area contributed by atoms with Crippen molar-refractivity contribution in [2.75, 3.05) is 12.3 Å². The molecule has 4 N–H and O–H groups in total. The van der Waals surface area contributed by atoms with Crippen LogP contribution in [0.5, 0.6) is 5.75 Å². The molecule has 21 heavy (non-hydrogen) atoms. The van der Waals surface area contributed by atoms with E-state index >= 15 is 0 Å². The lowest BCUT2D eigenvalue weighted by atomic mass is 10.2. The fourth-order valence-corrected chi connectivity index (χ4v) is 4.43. The zero-order chi connectivity index (χ0) is 15.0. The average molecular weight is 307 g/mol.